The number of pyridine rings is 1. The van der Waals surface area contributed by atoms with E-state index in [4.69, 9.17) is 10.5 Å². The second-order valence-corrected chi connectivity index (χ2v) is 7.70. The van der Waals surface area contributed by atoms with Crippen LogP contribution in [0.5, 0.6) is 5.75 Å². The average Bonchev–Trinajstić information content (AvgIpc) is 3.30. The Morgan fingerprint density at radius 3 is 2.81 bits per heavy atom. The van der Waals surface area contributed by atoms with Crippen LogP contribution in [0.1, 0.15) is 19.0 Å². The lowest BCUT2D eigenvalue weighted by atomic mass is 10.0. The van der Waals surface area contributed by atoms with E-state index in [2.05, 4.69) is 20.3 Å². The third kappa shape index (κ3) is 5.28. The number of imidazole rings is 1. The van der Waals surface area contributed by atoms with Crippen LogP contribution < -0.4 is 15.8 Å². The maximum absolute atomic E-state index is 13.5. The highest BCUT2D eigenvalue weighted by Gasteiger charge is 2.17. The molecule has 1 aliphatic rings. The molecule has 7 nitrogen and oxygen atoms in total. The molecular formula is C24H24FN5O2. The number of hydrogen-bond donors (Lipinski definition) is 3. The van der Waals surface area contributed by atoms with Gasteiger partial charge in [-0.1, -0.05) is 13.0 Å². The van der Waals surface area contributed by atoms with E-state index in [1.165, 1.54) is 6.08 Å². The topological polar surface area (TPSA) is 106 Å². The molecule has 4 N–H and O–H groups in total. The van der Waals surface area contributed by atoms with E-state index in [0.717, 1.165) is 17.0 Å². The molecule has 0 saturated heterocycles. The first-order valence-electron chi connectivity index (χ1n) is 10.3. The molecule has 164 valence electrons. The Labute approximate surface area is 185 Å². The molecule has 4 rings (SSSR count). The molecular weight excluding hydrogens is 409 g/mol. The minimum atomic E-state index is -0.725. The van der Waals surface area contributed by atoms with E-state index in [9.17, 15) is 9.18 Å². The zero-order valence-electron chi connectivity index (χ0n) is 17.6. The predicted molar refractivity (Wildman–Crippen MR) is 120 cm³/mol. The van der Waals surface area contributed by atoms with Gasteiger partial charge in [-0.05, 0) is 48.6 Å². The van der Waals surface area contributed by atoms with Crippen LogP contribution in [-0.4, -0.2) is 26.9 Å². The number of nitrogens with one attached hydrogen (secondary N) is 2. The highest BCUT2D eigenvalue weighted by molar-refractivity contribution is 5.94. The van der Waals surface area contributed by atoms with Crippen molar-refractivity contribution < 1.29 is 13.9 Å². The van der Waals surface area contributed by atoms with Crippen molar-refractivity contribution in [2.75, 3.05) is 5.32 Å². The van der Waals surface area contributed by atoms with Crippen molar-refractivity contribution >= 4 is 11.7 Å². The van der Waals surface area contributed by atoms with E-state index < -0.39 is 6.04 Å². The third-order valence-corrected chi connectivity index (χ3v) is 5.14. The number of nitrogens with zero attached hydrogens (tertiary/aromatic N) is 2. The van der Waals surface area contributed by atoms with Gasteiger partial charge in [-0.2, -0.15) is 0 Å². The number of benzene rings is 1. The number of ether oxygens (including phenoxy) is 1. The normalized spacial score (nSPS) is 16.7. The second kappa shape index (κ2) is 9.57. The van der Waals surface area contributed by atoms with Crippen LogP contribution in [0.3, 0.4) is 0 Å². The van der Waals surface area contributed by atoms with Crippen LogP contribution in [0, 0.1) is 5.92 Å². The molecule has 2 heterocycles. The monoisotopic (exact) mass is 433 g/mol. The van der Waals surface area contributed by atoms with Crippen molar-refractivity contribution in [2.24, 2.45) is 11.7 Å². The Kier molecular flexibility index (Phi) is 6.42. The maximum Gasteiger partial charge on any atom is 0.242 e. The number of hydrogen-bond acceptors (Lipinski definition) is 5. The highest BCUT2D eigenvalue weighted by Crippen LogP contribution is 2.29. The molecule has 0 fully saturated rings. The van der Waals surface area contributed by atoms with Crippen LogP contribution in [0.4, 0.5) is 10.2 Å². The summed E-state index contributed by atoms with van der Waals surface area (Å²) in [5.41, 5.74) is 8.34. The van der Waals surface area contributed by atoms with Crippen LogP contribution >= 0.6 is 0 Å². The summed E-state index contributed by atoms with van der Waals surface area (Å²) in [5.74, 6) is 1.17. The minimum absolute atomic E-state index is 0.131. The summed E-state index contributed by atoms with van der Waals surface area (Å²) < 4.78 is 19.3. The molecule has 8 heteroatoms. The van der Waals surface area contributed by atoms with Gasteiger partial charge in [-0.15, -0.1) is 0 Å². The fourth-order valence-corrected chi connectivity index (χ4v) is 3.33. The number of aromatic nitrogens is 3. The fourth-order valence-electron chi connectivity index (χ4n) is 3.33. The number of H-pyrrole nitrogens is 1. The largest absolute Gasteiger partial charge is 0.462 e. The van der Waals surface area contributed by atoms with Crippen molar-refractivity contribution in [3.63, 3.8) is 0 Å². The lowest BCUT2D eigenvalue weighted by Crippen LogP contribution is -2.37. The number of anilines is 1. The van der Waals surface area contributed by atoms with Crippen molar-refractivity contribution in [2.45, 2.75) is 25.8 Å². The lowest BCUT2D eigenvalue weighted by Gasteiger charge is -2.17. The average molecular weight is 433 g/mol. The van der Waals surface area contributed by atoms with Crippen molar-refractivity contribution in [3.05, 3.63) is 84.4 Å². The first-order valence-corrected chi connectivity index (χ1v) is 10.3. The van der Waals surface area contributed by atoms with Crippen molar-refractivity contribution in [3.8, 4) is 17.0 Å². The van der Waals surface area contributed by atoms with Gasteiger partial charge in [0.15, 0.2) is 0 Å². The second-order valence-electron chi connectivity index (χ2n) is 7.70. The molecule has 0 radical (unpaired) electrons. The number of rotatable bonds is 7. The predicted octanol–water partition coefficient (Wildman–Crippen LogP) is 4.14. The lowest BCUT2D eigenvalue weighted by molar-refractivity contribution is -0.117. The van der Waals surface area contributed by atoms with Gasteiger partial charge in [0.1, 0.15) is 23.2 Å². The van der Waals surface area contributed by atoms with Gasteiger partial charge >= 0.3 is 0 Å². The molecule has 0 spiro atoms. The van der Waals surface area contributed by atoms with Crippen LogP contribution in [0.15, 0.2) is 78.7 Å². The molecule has 2 atom stereocenters. The first kappa shape index (κ1) is 21.5. The summed E-state index contributed by atoms with van der Waals surface area (Å²) in [6, 6.07) is 12.1. The Hall–Kier alpha value is -3.78. The van der Waals surface area contributed by atoms with E-state index in [1.807, 2.05) is 43.3 Å². The van der Waals surface area contributed by atoms with Gasteiger partial charge in [0.05, 0.1) is 18.1 Å². The Bertz CT molecular complexity index is 1140. The molecule has 1 aromatic carbocycles. The number of halogens is 1. The smallest absolute Gasteiger partial charge is 0.242 e. The summed E-state index contributed by atoms with van der Waals surface area (Å²) in [7, 11) is 0. The van der Waals surface area contributed by atoms with E-state index >= 15 is 0 Å². The van der Waals surface area contributed by atoms with Gasteiger partial charge in [0.2, 0.25) is 5.91 Å². The number of amides is 1. The summed E-state index contributed by atoms with van der Waals surface area (Å²) >= 11 is 0. The zero-order valence-corrected chi connectivity index (χ0v) is 17.6. The van der Waals surface area contributed by atoms with E-state index in [1.54, 1.807) is 24.7 Å². The minimum Gasteiger partial charge on any atom is -0.462 e. The van der Waals surface area contributed by atoms with Gasteiger partial charge in [0.25, 0.3) is 0 Å². The van der Waals surface area contributed by atoms with Gasteiger partial charge < -0.3 is 20.8 Å². The SMILES string of the molecule is CC1CC(Oc2ccc(-c3cccc(NC(=O)C(N)Cc4cnc[nH]4)n3)cc2)=CC=C1F. The van der Waals surface area contributed by atoms with E-state index in [0.29, 0.717) is 30.1 Å². The molecule has 0 saturated carbocycles. The Morgan fingerprint density at radius 2 is 2.09 bits per heavy atom. The van der Waals surface area contributed by atoms with E-state index in [-0.39, 0.29) is 17.7 Å². The van der Waals surface area contributed by atoms with Gasteiger partial charge in [-0.25, -0.2) is 14.4 Å². The maximum atomic E-state index is 13.5. The van der Waals surface area contributed by atoms with Crippen molar-refractivity contribution in [1.82, 2.24) is 15.0 Å². The molecule has 1 aliphatic carbocycles. The Balaban J connectivity index is 1.40. The summed E-state index contributed by atoms with van der Waals surface area (Å²) in [6.45, 7) is 1.83. The molecule has 2 unspecified atom stereocenters. The van der Waals surface area contributed by atoms with Crippen LogP contribution in [-0.2, 0) is 11.2 Å². The number of nitrogens with two attached hydrogens (primary N) is 1. The molecule has 2 aromatic heterocycles. The van der Waals surface area contributed by atoms with Gasteiger partial charge in [-0.3, -0.25) is 4.79 Å². The van der Waals surface area contributed by atoms with Crippen LogP contribution in [0.2, 0.25) is 0 Å². The molecule has 1 amide bonds. The van der Waals surface area contributed by atoms with Crippen molar-refractivity contribution in [1.29, 1.82) is 0 Å². The number of carbonyl (C=O) groups excluding carboxylic acids is 1. The fraction of sp³-hybridized carbons (Fsp3) is 0.208. The number of carbonyl (C=O) groups is 1. The summed E-state index contributed by atoms with van der Waals surface area (Å²) in [4.78, 5) is 23.8. The third-order valence-electron chi connectivity index (χ3n) is 5.14. The standard InChI is InChI=1S/C24H24FN5O2/c1-15-11-19(9-10-20(15)25)32-18-7-5-16(6-8-18)22-3-2-4-23(29-22)30-24(31)21(26)12-17-13-27-14-28-17/h2-10,13-15,21H,11-12,26H2,1H3,(H,27,28)(H,29,30,31). The number of allylic oxidation sites excluding steroid dienone is 4. The molecule has 32 heavy (non-hydrogen) atoms. The quantitative estimate of drug-likeness (QED) is 0.519. The zero-order chi connectivity index (χ0) is 22.5. The Morgan fingerprint density at radius 1 is 1.28 bits per heavy atom. The highest BCUT2D eigenvalue weighted by atomic mass is 19.1. The molecule has 3 aromatic rings. The van der Waals surface area contributed by atoms with Crippen LogP contribution in [0.25, 0.3) is 11.3 Å². The summed E-state index contributed by atoms with van der Waals surface area (Å²) in [5, 5.41) is 2.76. The number of aromatic amines is 1. The first-order chi connectivity index (χ1) is 15.5. The molecule has 0 aliphatic heterocycles. The van der Waals surface area contributed by atoms with Gasteiger partial charge in [0, 0.05) is 36.2 Å². The molecule has 0 bridgehead atoms. The summed E-state index contributed by atoms with van der Waals surface area (Å²) in [6.07, 6.45) is 7.17.